The van der Waals surface area contributed by atoms with Crippen LogP contribution in [0.4, 0.5) is 5.82 Å². The molecular weight excluding hydrogens is 536 g/mol. The molecule has 1 amide bonds. The summed E-state index contributed by atoms with van der Waals surface area (Å²) in [6.45, 7) is -4.62. The number of nitrogens with zero attached hydrogens (tertiary/aromatic N) is 4. The fourth-order valence-corrected chi connectivity index (χ4v) is 4.53. The average Bonchev–Trinajstić information content (AvgIpc) is 3.29. The van der Waals surface area contributed by atoms with E-state index in [4.69, 9.17) is 15.0 Å². The number of aromatic nitrogens is 3. The molecule has 0 saturated heterocycles. The number of carbonyl (C=O) groups is 1. The number of carbonyl (C=O) groups excluding carboxylic acids is 1. The molecule has 206 valence electrons. The molecule has 1 aliphatic rings. The first kappa shape index (κ1) is 22.3. The Labute approximate surface area is 236 Å². The normalized spacial score (nSPS) is 15.1. The van der Waals surface area contributed by atoms with E-state index in [1.54, 1.807) is 25.1 Å². The zero-order chi connectivity index (χ0) is 31.9. The van der Waals surface area contributed by atoms with Gasteiger partial charge in [0.05, 0.1) is 28.8 Å². The van der Waals surface area contributed by atoms with E-state index in [0.717, 1.165) is 16.4 Å². The van der Waals surface area contributed by atoms with Gasteiger partial charge in [0.25, 0.3) is 21.6 Å². The van der Waals surface area contributed by atoms with Gasteiger partial charge in [0.1, 0.15) is 31.2 Å². The van der Waals surface area contributed by atoms with Gasteiger partial charge in [-0.05, 0) is 61.0 Å². The minimum atomic E-state index is -4.64. The van der Waals surface area contributed by atoms with Gasteiger partial charge in [0.2, 0.25) is 0 Å². The van der Waals surface area contributed by atoms with E-state index in [1.807, 2.05) is 0 Å². The number of hydrogen-bond acceptors (Lipinski definition) is 9. The molecule has 5 rings (SSSR count). The van der Waals surface area contributed by atoms with Crippen molar-refractivity contribution < 1.29 is 32.4 Å². The molecule has 0 saturated carbocycles. The maximum atomic E-state index is 12.9. The first-order valence-electron chi connectivity index (χ1n) is 13.9. The lowest BCUT2D eigenvalue weighted by atomic mass is 10.1. The number of pyridine rings is 1. The summed E-state index contributed by atoms with van der Waals surface area (Å²) in [7, 11) is -3.14. The first-order valence-corrected chi connectivity index (χ1v) is 13.3. The van der Waals surface area contributed by atoms with Crippen LogP contribution in [0.5, 0.6) is 11.5 Å². The van der Waals surface area contributed by atoms with Gasteiger partial charge >= 0.3 is 0 Å². The lowest BCUT2D eigenvalue weighted by molar-refractivity contribution is 0.0995. The summed E-state index contributed by atoms with van der Waals surface area (Å²) in [5.74, 6) is 0.379. The van der Waals surface area contributed by atoms with Crippen molar-refractivity contribution in [1.29, 1.82) is 0 Å². The minimum absolute atomic E-state index is 0.00467. The number of fused-ring (bicyclic) bond motifs is 1. The van der Waals surface area contributed by atoms with Crippen LogP contribution in [-0.2, 0) is 34.5 Å². The third-order valence-electron chi connectivity index (χ3n) is 5.96. The summed E-state index contributed by atoms with van der Waals surface area (Å²) in [5.41, 5.74) is 2.10. The molecule has 2 aromatic carbocycles. The monoisotopic (exact) mass is 566 g/mol. The Morgan fingerprint density at radius 1 is 0.950 bits per heavy atom. The Bertz CT molecular complexity index is 1880. The molecule has 1 aliphatic heterocycles. The van der Waals surface area contributed by atoms with Crippen LogP contribution in [0.3, 0.4) is 0 Å². The second-order valence-corrected chi connectivity index (χ2v) is 10.3. The first-order chi connectivity index (χ1) is 20.6. The fourth-order valence-electron chi connectivity index (χ4n) is 3.82. The Hall–Kier alpha value is -4.55. The molecule has 0 spiro atoms. The van der Waals surface area contributed by atoms with Gasteiger partial charge in [-0.15, -0.1) is 0 Å². The number of ether oxygens (including phenoxy) is 2. The molecule has 11 nitrogen and oxygen atoms in total. The largest absolute Gasteiger partial charge is 0.490 e. The van der Waals surface area contributed by atoms with Gasteiger partial charge in [0.15, 0.2) is 5.82 Å². The molecule has 4 aromatic rings. The van der Waals surface area contributed by atoms with E-state index in [2.05, 4.69) is 14.3 Å². The van der Waals surface area contributed by atoms with Crippen molar-refractivity contribution in [1.82, 2.24) is 14.8 Å². The minimum Gasteiger partial charge on any atom is -0.490 e. The molecule has 0 unspecified atom stereocenters. The Morgan fingerprint density at radius 3 is 2.45 bits per heavy atom. The number of amides is 1. The smallest absolute Gasteiger partial charge is 0.297 e. The van der Waals surface area contributed by atoms with Crippen molar-refractivity contribution in [2.75, 3.05) is 18.0 Å². The molecule has 0 N–H and O–H groups in total. The third-order valence-corrected chi connectivity index (χ3v) is 7.11. The zero-order valence-electron chi connectivity index (χ0n) is 25.4. The van der Waals surface area contributed by atoms with Crippen LogP contribution in [0.15, 0.2) is 82.6 Å². The van der Waals surface area contributed by atoms with Crippen LogP contribution in [0, 0.1) is 6.92 Å². The Balaban J connectivity index is 1.20. The second-order valence-electron chi connectivity index (χ2n) is 8.79. The third kappa shape index (κ3) is 6.03. The number of benzene rings is 2. The van der Waals surface area contributed by atoms with Crippen molar-refractivity contribution in [3.8, 4) is 11.5 Å². The molecular formula is C28H26N4O7S. The van der Waals surface area contributed by atoms with Crippen molar-refractivity contribution >= 4 is 21.8 Å². The molecule has 0 aliphatic carbocycles. The van der Waals surface area contributed by atoms with Crippen LogP contribution in [0.25, 0.3) is 0 Å². The molecule has 2 aromatic heterocycles. The summed E-state index contributed by atoms with van der Waals surface area (Å²) < 4.78 is 73.7. The number of anilines is 1. The molecule has 12 heteroatoms. The highest BCUT2D eigenvalue weighted by atomic mass is 32.2. The Kier molecular flexibility index (Phi) is 6.29. The van der Waals surface area contributed by atoms with Gasteiger partial charge in [-0.2, -0.15) is 13.5 Å². The summed E-state index contributed by atoms with van der Waals surface area (Å²) in [4.78, 5) is 29.8. The lowest BCUT2D eigenvalue weighted by Gasteiger charge is -2.14. The highest BCUT2D eigenvalue weighted by Gasteiger charge is 2.30. The molecule has 40 heavy (non-hydrogen) atoms. The molecule has 0 fully saturated rings. The highest BCUT2D eigenvalue weighted by Crippen LogP contribution is 2.29. The van der Waals surface area contributed by atoms with Gasteiger partial charge in [-0.1, -0.05) is 17.7 Å². The van der Waals surface area contributed by atoms with Gasteiger partial charge < -0.3 is 9.47 Å². The highest BCUT2D eigenvalue weighted by molar-refractivity contribution is 7.86. The van der Waals surface area contributed by atoms with E-state index in [9.17, 15) is 18.0 Å². The van der Waals surface area contributed by atoms with Crippen molar-refractivity contribution in [2.24, 2.45) is 7.05 Å². The Morgan fingerprint density at radius 2 is 1.73 bits per heavy atom. The molecule has 3 heterocycles. The van der Waals surface area contributed by atoms with Crippen LogP contribution < -0.4 is 19.9 Å². The molecule has 0 bridgehead atoms. The van der Waals surface area contributed by atoms with Crippen LogP contribution in [0.2, 0.25) is 0 Å². The van der Waals surface area contributed by atoms with E-state index in [-0.39, 0.29) is 35.3 Å². The van der Waals surface area contributed by atoms with Gasteiger partial charge in [-0.25, -0.2) is 4.68 Å². The summed E-state index contributed by atoms with van der Waals surface area (Å²) in [5, 5.41) is 4.14. The van der Waals surface area contributed by atoms with Crippen LogP contribution in [0.1, 0.15) is 32.7 Å². The summed E-state index contributed by atoms with van der Waals surface area (Å²) in [6, 6.07) is 16.1. The number of aryl methyl sites for hydroxylation is 2. The zero-order valence-corrected chi connectivity index (χ0v) is 22.2. The number of rotatable bonds is 10. The predicted molar refractivity (Wildman–Crippen MR) is 145 cm³/mol. The van der Waals surface area contributed by atoms with Crippen molar-refractivity contribution in [3.63, 3.8) is 0 Å². The van der Waals surface area contributed by atoms with Crippen LogP contribution in [-0.4, -0.2) is 42.2 Å². The fraction of sp³-hybridized carbons (Fsp3) is 0.214. The standard InChI is InChI=1S/C28H26N4O7S/c1-19-3-8-24(9-4-19)40(35,36)39-14-13-37-23-6-5-21(29-16-23)18-38-22-7-10-25-20(15-22)17-32(28(25)34)26-11-12-27(33)31(2)30-26/h3-12,15-16H,13-14,17-18H2,1-2H3/i13D2,14D2. The quantitative estimate of drug-likeness (QED) is 0.266. The van der Waals surface area contributed by atoms with Crippen molar-refractivity contribution in [3.05, 3.63) is 106 Å². The predicted octanol–water partition coefficient (Wildman–Crippen LogP) is 3.01. The topological polar surface area (TPSA) is 130 Å². The van der Waals surface area contributed by atoms with Gasteiger partial charge in [0, 0.05) is 18.7 Å². The van der Waals surface area contributed by atoms with E-state index < -0.39 is 23.2 Å². The molecule has 0 atom stereocenters. The summed E-state index contributed by atoms with van der Waals surface area (Å²) in [6.07, 6.45) is 1.14. The summed E-state index contributed by atoms with van der Waals surface area (Å²) >= 11 is 0. The van der Waals surface area contributed by atoms with E-state index in [0.29, 0.717) is 28.4 Å². The maximum Gasteiger partial charge on any atom is 0.297 e. The molecule has 0 radical (unpaired) electrons. The second kappa shape index (κ2) is 11.3. The van der Waals surface area contributed by atoms with Gasteiger partial charge in [-0.3, -0.25) is 23.7 Å². The number of hydrogen-bond donors (Lipinski definition) is 0. The van der Waals surface area contributed by atoms with E-state index >= 15 is 0 Å². The average molecular weight is 567 g/mol. The van der Waals surface area contributed by atoms with Crippen LogP contribution >= 0.6 is 0 Å². The lowest BCUT2D eigenvalue weighted by Crippen LogP contribution is -2.28. The SMILES string of the molecule is [2H]C([2H])(Oc1ccc(COc2ccc3c(c2)CN(c2ccc(=O)n(C)n2)C3=O)nc1)C([2H])([2H])OS(=O)(=O)c1ccc(C)cc1. The maximum absolute atomic E-state index is 12.9. The van der Waals surface area contributed by atoms with Crippen molar-refractivity contribution in [2.45, 2.75) is 25.0 Å². The van der Waals surface area contributed by atoms with E-state index in [1.165, 1.54) is 60.5 Å².